The van der Waals surface area contributed by atoms with Crippen LogP contribution in [0.4, 0.5) is 5.82 Å². The van der Waals surface area contributed by atoms with Gasteiger partial charge in [0.05, 0.1) is 0 Å². The van der Waals surface area contributed by atoms with E-state index < -0.39 is 0 Å². The third-order valence-corrected chi connectivity index (χ3v) is 2.64. The van der Waals surface area contributed by atoms with Crippen molar-refractivity contribution in [3.05, 3.63) is 30.5 Å². The van der Waals surface area contributed by atoms with Gasteiger partial charge in [0.2, 0.25) is 6.79 Å². The van der Waals surface area contributed by atoms with Gasteiger partial charge in [-0.2, -0.15) is 0 Å². The zero-order chi connectivity index (χ0) is 12.4. The average Bonchev–Trinajstić information content (AvgIpc) is 2.86. The van der Waals surface area contributed by atoms with Gasteiger partial charge < -0.3 is 14.8 Å². The van der Waals surface area contributed by atoms with Gasteiger partial charge in [-0.25, -0.2) is 9.97 Å². The molecule has 5 heteroatoms. The summed E-state index contributed by atoms with van der Waals surface area (Å²) in [6, 6.07) is 7.55. The molecule has 92 valence electrons. The molecular weight excluding hydrogens is 230 g/mol. The molecule has 18 heavy (non-hydrogen) atoms. The first-order chi connectivity index (χ1) is 8.86. The highest BCUT2D eigenvalue weighted by Gasteiger charge is 2.14. The number of hydrogen-bond acceptors (Lipinski definition) is 5. The van der Waals surface area contributed by atoms with Crippen LogP contribution in [0.25, 0.3) is 11.4 Å². The minimum Gasteiger partial charge on any atom is -0.454 e. The largest absolute Gasteiger partial charge is 0.454 e. The lowest BCUT2D eigenvalue weighted by atomic mass is 10.2. The molecule has 0 fully saturated rings. The number of nitrogens with zero attached hydrogens (tertiary/aromatic N) is 2. The predicted molar refractivity (Wildman–Crippen MR) is 67.8 cm³/mol. The van der Waals surface area contributed by atoms with E-state index in [4.69, 9.17) is 9.47 Å². The topological polar surface area (TPSA) is 56.3 Å². The number of rotatable bonds is 3. The highest BCUT2D eigenvalue weighted by Crippen LogP contribution is 2.35. The Morgan fingerprint density at radius 2 is 2.11 bits per heavy atom. The van der Waals surface area contributed by atoms with Crippen molar-refractivity contribution in [2.75, 3.05) is 18.7 Å². The maximum absolute atomic E-state index is 5.34. The lowest BCUT2D eigenvalue weighted by Crippen LogP contribution is -2.00. The smallest absolute Gasteiger partial charge is 0.231 e. The number of hydrogen-bond donors (Lipinski definition) is 1. The fourth-order valence-electron chi connectivity index (χ4n) is 1.81. The van der Waals surface area contributed by atoms with Gasteiger partial charge in [-0.1, -0.05) is 0 Å². The fraction of sp³-hybridized carbons (Fsp3) is 0.231. The highest BCUT2D eigenvalue weighted by molar-refractivity contribution is 5.62. The summed E-state index contributed by atoms with van der Waals surface area (Å²) in [5.74, 6) is 3.00. The van der Waals surface area contributed by atoms with Gasteiger partial charge in [-0.15, -0.1) is 0 Å². The first-order valence-corrected chi connectivity index (χ1v) is 5.84. The molecule has 1 aliphatic heterocycles. The lowest BCUT2D eigenvalue weighted by Gasteiger charge is -2.05. The summed E-state index contributed by atoms with van der Waals surface area (Å²) in [5.41, 5.74) is 0.916. The Bertz CT molecular complexity index is 572. The second kappa shape index (κ2) is 4.52. The molecule has 0 spiro atoms. The Morgan fingerprint density at radius 3 is 3.00 bits per heavy atom. The Kier molecular flexibility index (Phi) is 2.72. The molecule has 0 amide bonds. The van der Waals surface area contributed by atoms with E-state index in [2.05, 4.69) is 15.3 Å². The number of nitrogens with one attached hydrogen (secondary N) is 1. The fourth-order valence-corrected chi connectivity index (χ4v) is 1.81. The first kappa shape index (κ1) is 10.8. The van der Waals surface area contributed by atoms with Crippen molar-refractivity contribution in [1.29, 1.82) is 0 Å². The van der Waals surface area contributed by atoms with Crippen LogP contribution in [0.3, 0.4) is 0 Å². The molecule has 0 bridgehead atoms. The van der Waals surface area contributed by atoms with Crippen LogP contribution in [0.15, 0.2) is 30.5 Å². The van der Waals surface area contributed by atoms with Crippen LogP contribution < -0.4 is 14.8 Å². The number of anilines is 1. The van der Waals surface area contributed by atoms with Crippen molar-refractivity contribution >= 4 is 5.82 Å². The van der Waals surface area contributed by atoms with Gasteiger partial charge in [-0.05, 0) is 31.2 Å². The van der Waals surface area contributed by atoms with E-state index in [0.717, 1.165) is 29.4 Å². The summed E-state index contributed by atoms with van der Waals surface area (Å²) in [5, 5.41) is 3.16. The molecule has 0 atom stereocenters. The standard InChI is InChI=1S/C13H13N3O2/c1-2-14-12-5-6-15-13(16-12)9-3-4-10-11(7-9)18-8-17-10/h3-7H,2,8H2,1H3,(H,14,15,16). The average molecular weight is 243 g/mol. The van der Waals surface area contributed by atoms with Crippen molar-refractivity contribution in [1.82, 2.24) is 9.97 Å². The van der Waals surface area contributed by atoms with Crippen LogP contribution in [-0.4, -0.2) is 23.3 Å². The normalized spacial score (nSPS) is 12.5. The molecule has 0 saturated carbocycles. The number of aromatic nitrogens is 2. The van der Waals surface area contributed by atoms with Gasteiger partial charge in [0.25, 0.3) is 0 Å². The molecular formula is C13H13N3O2. The van der Waals surface area contributed by atoms with Crippen molar-refractivity contribution < 1.29 is 9.47 Å². The SMILES string of the molecule is CCNc1ccnc(-c2ccc3c(c2)OCO3)n1. The molecule has 0 saturated heterocycles. The summed E-state index contributed by atoms with van der Waals surface area (Å²) in [6.45, 7) is 3.14. The zero-order valence-corrected chi connectivity index (χ0v) is 10.0. The van der Waals surface area contributed by atoms with Crippen molar-refractivity contribution in [2.24, 2.45) is 0 Å². The molecule has 1 aromatic carbocycles. The van der Waals surface area contributed by atoms with Gasteiger partial charge in [0.1, 0.15) is 5.82 Å². The quantitative estimate of drug-likeness (QED) is 0.896. The van der Waals surface area contributed by atoms with Crippen molar-refractivity contribution in [3.8, 4) is 22.9 Å². The van der Waals surface area contributed by atoms with E-state index in [1.54, 1.807) is 6.20 Å². The Balaban J connectivity index is 1.96. The van der Waals surface area contributed by atoms with Crippen LogP contribution in [-0.2, 0) is 0 Å². The van der Waals surface area contributed by atoms with E-state index in [1.165, 1.54) is 0 Å². The van der Waals surface area contributed by atoms with Crippen LogP contribution in [0, 0.1) is 0 Å². The number of benzene rings is 1. The summed E-state index contributed by atoms with van der Waals surface area (Å²) in [7, 11) is 0. The Morgan fingerprint density at radius 1 is 1.22 bits per heavy atom. The van der Waals surface area contributed by atoms with E-state index in [0.29, 0.717) is 5.82 Å². The third-order valence-electron chi connectivity index (χ3n) is 2.64. The maximum atomic E-state index is 5.34. The summed E-state index contributed by atoms with van der Waals surface area (Å²) in [4.78, 5) is 8.71. The molecule has 2 heterocycles. The molecule has 5 nitrogen and oxygen atoms in total. The molecule has 1 N–H and O–H groups in total. The van der Waals surface area contributed by atoms with Gasteiger partial charge in [0.15, 0.2) is 17.3 Å². The second-order valence-corrected chi connectivity index (χ2v) is 3.86. The minimum absolute atomic E-state index is 0.275. The third kappa shape index (κ3) is 1.95. The zero-order valence-electron chi connectivity index (χ0n) is 10.0. The predicted octanol–water partition coefficient (Wildman–Crippen LogP) is 2.30. The maximum Gasteiger partial charge on any atom is 0.231 e. The molecule has 3 rings (SSSR count). The lowest BCUT2D eigenvalue weighted by molar-refractivity contribution is 0.174. The number of fused-ring (bicyclic) bond motifs is 1. The monoisotopic (exact) mass is 243 g/mol. The van der Waals surface area contributed by atoms with E-state index in [-0.39, 0.29) is 6.79 Å². The van der Waals surface area contributed by atoms with Gasteiger partial charge >= 0.3 is 0 Å². The second-order valence-electron chi connectivity index (χ2n) is 3.86. The number of ether oxygens (including phenoxy) is 2. The van der Waals surface area contributed by atoms with Gasteiger partial charge in [-0.3, -0.25) is 0 Å². The Labute approximate surface area is 105 Å². The van der Waals surface area contributed by atoms with Gasteiger partial charge in [0, 0.05) is 18.3 Å². The molecule has 0 radical (unpaired) electrons. The van der Waals surface area contributed by atoms with Crippen molar-refractivity contribution in [2.45, 2.75) is 6.92 Å². The first-order valence-electron chi connectivity index (χ1n) is 5.84. The van der Waals surface area contributed by atoms with Crippen LogP contribution in [0.1, 0.15) is 6.92 Å². The Hall–Kier alpha value is -2.30. The molecule has 0 unspecified atom stereocenters. The summed E-state index contributed by atoms with van der Waals surface area (Å²) < 4.78 is 10.6. The van der Waals surface area contributed by atoms with Crippen LogP contribution >= 0.6 is 0 Å². The molecule has 1 aliphatic rings. The molecule has 1 aromatic heterocycles. The van der Waals surface area contributed by atoms with Crippen molar-refractivity contribution in [3.63, 3.8) is 0 Å². The molecule has 0 aliphatic carbocycles. The van der Waals surface area contributed by atoms with E-state index >= 15 is 0 Å². The van der Waals surface area contributed by atoms with E-state index in [9.17, 15) is 0 Å². The summed E-state index contributed by atoms with van der Waals surface area (Å²) in [6.07, 6.45) is 1.74. The minimum atomic E-state index is 0.275. The van der Waals surface area contributed by atoms with E-state index in [1.807, 2.05) is 31.2 Å². The van der Waals surface area contributed by atoms with Crippen LogP contribution in [0.5, 0.6) is 11.5 Å². The molecule has 2 aromatic rings. The summed E-state index contributed by atoms with van der Waals surface area (Å²) >= 11 is 0. The van der Waals surface area contributed by atoms with Crippen LogP contribution in [0.2, 0.25) is 0 Å². The highest BCUT2D eigenvalue weighted by atomic mass is 16.7.